The molecule has 6 rings (SSSR count). The first-order valence-electron chi connectivity index (χ1n) is 13.6. The Morgan fingerprint density at radius 3 is 2.68 bits per heavy atom. The van der Waals surface area contributed by atoms with E-state index in [4.69, 9.17) is 4.74 Å². The molecule has 2 bridgehead atoms. The van der Waals surface area contributed by atoms with Crippen molar-refractivity contribution in [2.75, 3.05) is 0 Å². The molecule has 2 fully saturated rings. The van der Waals surface area contributed by atoms with Gasteiger partial charge in [-0.25, -0.2) is 4.79 Å². The van der Waals surface area contributed by atoms with Crippen LogP contribution >= 0.6 is 0 Å². The Labute approximate surface area is 217 Å². The van der Waals surface area contributed by atoms with Crippen molar-refractivity contribution in [1.29, 1.82) is 0 Å². The molecule has 2 heterocycles. The van der Waals surface area contributed by atoms with Crippen LogP contribution < -0.4 is 10.9 Å². The van der Waals surface area contributed by atoms with E-state index in [0.717, 1.165) is 28.8 Å². The standard InChI is InChI=1S/C30H38N2O5/c1-6-20-17-9-15(2)11-29(20,21-7-8-24(34)31-22(21)10-17)32-27-30(36)14-23(33)16(3)18-12-28(4,5)13-19(18)25(30)26(35)37-27/h6-9,16-18,23,27,32-33,36H,10-14H2,1-5H3,(H,31,34)/b20-6+/t16?,17-,18?,23?,27?,29+,30?/m0/s1. The van der Waals surface area contributed by atoms with Gasteiger partial charge in [-0.05, 0) is 74.0 Å². The first kappa shape index (κ1) is 24.8. The van der Waals surface area contributed by atoms with E-state index in [1.165, 1.54) is 11.6 Å². The number of nitrogens with one attached hydrogen (secondary N) is 2. The zero-order chi connectivity index (χ0) is 26.5. The van der Waals surface area contributed by atoms with Gasteiger partial charge in [0.15, 0.2) is 6.23 Å². The predicted molar refractivity (Wildman–Crippen MR) is 139 cm³/mol. The van der Waals surface area contributed by atoms with Crippen molar-refractivity contribution in [3.63, 3.8) is 0 Å². The van der Waals surface area contributed by atoms with Crippen LogP contribution in [0.1, 0.15) is 71.6 Å². The number of hydrogen-bond donors (Lipinski definition) is 4. The summed E-state index contributed by atoms with van der Waals surface area (Å²) in [5.41, 5.74) is 2.84. The summed E-state index contributed by atoms with van der Waals surface area (Å²) in [6.07, 6.45) is 5.44. The Hall–Kier alpha value is -2.48. The predicted octanol–water partition coefficient (Wildman–Crippen LogP) is 3.38. The quantitative estimate of drug-likeness (QED) is 0.362. The lowest BCUT2D eigenvalue weighted by Gasteiger charge is -2.50. The fraction of sp³-hybridized carbons (Fsp3) is 0.600. The van der Waals surface area contributed by atoms with Crippen LogP contribution in [0.3, 0.4) is 0 Å². The van der Waals surface area contributed by atoms with Crippen molar-refractivity contribution >= 4 is 5.97 Å². The summed E-state index contributed by atoms with van der Waals surface area (Å²) in [4.78, 5) is 28.8. The molecule has 0 radical (unpaired) electrons. The average molecular weight is 507 g/mol. The first-order valence-corrected chi connectivity index (χ1v) is 13.6. The minimum absolute atomic E-state index is 0.0193. The highest BCUT2D eigenvalue weighted by Gasteiger charge is 2.62. The Morgan fingerprint density at radius 1 is 1.19 bits per heavy atom. The zero-order valence-corrected chi connectivity index (χ0v) is 22.4. The molecule has 1 aromatic heterocycles. The Bertz CT molecular complexity index is 1340. The second-order valence-electron chi connectivity index (χ2n) is 12.9. The van der Waals surface area contributed by atoms with Gasteiger partial charge in [-0.1, -0.05) is 44.1 Å². The van der Waals surface area contributed by atoms with Crippen LogP contribution in [0.4, 0.5) is 0 Å². The summed E-state index contributed by atoms with van der Waals surface area (Å²) in [5.74, 6) is -0.439. The molecule has 198 valence electrons. The number of cyclic esters (lactones) is 1. The third-order valence-corrected chi connectivity index (χ3v) is 9.76. The number of aromatic nitrogens is 1. The van der Waals surface area contributed by atoms with Gasteiger partial charge in [0.1, 0.15) is 5.60 Å². The number of esters is 1. The number of ether oxygens (including phenoxy) is 1. The number of aromatic amines is 1. The lowest BCUT2D eigenvalue weighted by Crippen LogP contribution is -2.61. The van der Waals surface area contributed by atoms with Gasteiger partial charge >= 0.3 is 5.97 Å². The van der Waals surface area contributed by atoms with Crippen LogP contribution in [0, 0.1) is 23.2 Å². The van der Waals surface area contributed by atoms with E-state index in [-0.39, 0.29) is 35.1 Å². The Balaban J connectivity index is 1.51. The molecule has 1 saturated carbocycles. The van der Waals surface area contributed by atoms with E-state index < -0.39 is 29.4 Å². The van der Waals surface area contributed by atoms with Gasteiger partial charge in [0.25, 0.3) is 0 Å². The van der Waals surface area contributed by atoms with Crippen LogP contribution in [-0.2, 0) is 21.5 Å². The van der Waals surface area contributed by atoms with Gasteiger partial charge in [0.05, 0.1) is 17.2 Å². The lowest BCUT2D eigenvalue weighted by molar-refractivity contribution is -0.146. The van der Waals surface area contributed by atoms with Crippen LogP contribution in [-0.4, -0.2) is 39.1 Å². The average Bonchev–Trinajstić information content (AvgIpc) is 3.20. The van der Waals surface area contributed by atoms with Crippen molar-refractivity contribution in [2.24, 2.45) is 23.2 Å². The number of pyridine rings is 1. The molecule has 1 aliphatic heterocycles. The first-order chi connectivity index (χ1) is 17.4. The van der Waals surface area contributed by atoms with Crippen molar-refractivity contribution in [3.8, 4) is 0 Å². The summed E-state index contributed by atoms with van der Waals surface area (Å²) < 4.78 is 5.99. The van der Waals surface area contributed by atoms with Crippen LogP contribution in [0.2, 0.25) is 0 Å². The SMILES string of the molecule is C/C=C1\[C@H]2C=C(C)C[C@]1(NC1OC(=O)C3=C4CC(C)(C)CC4C(C)C(O)CC31O)c1ccc(=O)[nH]c1C2. The molecule has 1 aromatic rings. The van der Waals surface area contributed by atoms with E-state index in [0.29, 0.717) is 24.8 Å². The number of aliphatic hydroxyl groups is 2. The van der Waals surface area contributed by atoms with Gasteiger partial charge < -0.3 is 19.9 Å². The minimum Gasteiger partial charge on any atom is -0.440 e. The fourth-order valence-electron chi connectivity index (χ4n) is 8.27. The number of allylic oxidation sites excluding steroid dienone is 3. The largest absolute Gasteiger partial charge is 0.440 e. The molecule has 4 N–H and O–H groups in total. The molecule has 5 unspecified atom stereocenters. The van der Waals surface area contributed by atoms with Crippen molar-refractivity contribution in [2.45, 2.75) is 90.2 Å². The number of rotatable bonds is 2. The maximum atomic E-state index is 13.5. The van der Waals surface area contributed by atoms with E-state index in [9.17, 15) is 19.8 Å². The van der Waals surface area contributed by atoms with Crippen LogP contribution in [0.5, 0.6) is 0 Å². The molecule has 0 amide bonds. The summed E-state index contributed by atoms with van der Waals surface area (Å²) in [5, 5.41) is 27.2. The molecule has 7 nitrogen and oxygen atoms in total. The maximum absolute atomic E-state index is 13.5. The van der Waals surface area contributed by atoms with Crippen molar-refractivity contribution in [3.05, 3.63) is 68.2 Å². The number of carbonyl (C=O) groups is 1. The third kappa shape index (κ3) is 3.50. The highest BCUT2D eigenvalue weighted by atomic mass is 16.6. The number of fused-ring (bicyclic) bond motifs is 6. The van der Waals surface area contributed by atoms with Gasteiger partial charge in [-0.15, -0.1) is 0 Å². The Kier molecular flexibility index (Phi) is 5.38. The summed E-state index contributed by atoms with van der Waals surface area (Å²) in [7, 11) is 0. The molecular weight excluding hydrogens is 468 g/mol. The minimum atomic E-state index is -1.66. The van der Waals surface area contributed by atoms with Gasteiger partial charge in [-0.3, -0.25) is 10.1 Å². The van der Waals surface area contributed by atoms with Crippen molar-refractivity contribution in [1.82, 2.24) is 10.3 Å². The molecule has 4 aliphatic carbocycles. The van der Waals surface area contributed by atoms with Gasteiger partial charge in [0.2, 0.25) is 5.56 Å². The summed E-state index contributed by atoms with van der Waals surface area (Å²) in [6, 6.07) is 3.40. The van der Waals surface area contributed by atoms with Crippen LogP contribution in [0.25, 0.3) is 0 Å². The topological polar surface area (TPSA) is 112 Å². The molecule has 7 heteroatoms. The zero-order valence-electron chi connectivity index (χ0n) is 22.4. The highest BCUT2D eigenvalue weighted by molar-refractivity contribution is 5.95. The fourth-order valence-corrected chi connectivity index (χ4v) is 8.27. The number of aliphatic hydroxyl groups excluding tert-OH is 1. The maximum Gasteiger partial charge on any atom is 0.338 e. The van der Waals surface area contributed by atoms with Gasteiger partial charge in [-0.2, -0.15) is 0 Å². The smallest absolute Gasteiger partial charge is 0.338 e. The Morgan fingerprint density at radius 2 is 1.95 bits per heavy atom. The van der Waals surface area contributed by atoms with E-state index in [1.54, 1.807) is 0 Å². The van der Waals surface area contributed by atoms with E-state index >= 15 is 0 Å². The summed E-state index contributed by atoms with van der Waals surface area (Å²) in [6.45, 7) is 10.5. The monoisotopic (exact) mass is 506 g/mol. The third-order valence-electron chi connectivity index (χ3n) is 9.76. The second kappa shape index (κ2) is 8.01. The molecule has 7 atom stereocenters. The molecular formula is C30H38N2O5. The summed E-state index contributed by atoms with van der Waals surface area (Å²) >= 11 is 0. The highest BCUT2D eigenvalue weighted by Crippen LogP contribution is 2.57. The molecule has 0 aromatic carbocycles. The molecule has 1 saturated heterocycles. The van der Waals surface area contributed by atoms with E-state index in [1.807, 2.05) is 19.9 Å². The van der Waals surface area contributed by atoms with Crippen molar-refractivity contribution < 1.29 is 19.7 Å². The molecule has 5 aliphatic rings. The normalized spacial score (nSPS) is 41.1. The number of carbonyl (C=O) groups excluding carboxylic acids is 1. The van der Waals surface area contributed by atoms with Gasteiger partial charge in [0, 0.05) is 24.1 Å². The van der Waals surface area contributed by atoms with E-state index in [2.05, 4.69) is 43.2 Å². The van der Waals surface area contributed by atoms with Crippen LogP contribution in [0.15, 0.2) is 51.4 Å². The lowest BCUT2D eigenvalue weighted by atomic mass is 9.62. The molecule has 0 spiro atoms. The number of H-pyrrole nitrogens is 1. The second-order valence-corrected chi connectivity index (χ2v) is 12.9. The number of hydrogen-bond acceptors (Lipinski definition) is 6. The molecule has 37 heavy (non-hydrogen) atoms.